The lowest BCUT2D eigenvalue weighted by atomic mass is 10.0. The van der Waals surface area contributed by atoms with Gasteiger partial charge in [0.25, 0.3) is 0 Å². The number of aromatic nitrogens is 2. The zero-order valence-electron chi connectivity index (χ0n) is 10.1. The van der Waals surface area contributed by atoms with Gasteiger partial charge in [0.15, 0.2) is 5.82 Å². The Morgan fingerprint density at radius 3 is 2.76 bits per heavy atom. The lowest BCUT2D eigenvalue weighted by Gasteiger charge is -2.19. The van der Waals surface area contributed by atoms with Gasteiger partial charge in [-0.15, -0.1) is 0 Å². The third kappa shape index (κ3) is 1.79. The fourth-order valence-electron chi connectivity index (χ4n) is 3.54. The van der Waals surface area contributed by atoms with Gasteiger partial charge in [-0.2, -0.15) is 4.98 Å². The summed E-state index contributed by atoms with van der Waals surface area (Å²) in [6.07, 6.45) is 7.70. The molecule has 17 heavy (non-hydrogen) atoms. The molecule has 0 amide bonds. The summed E-state index contributed by atoms with van der Waals surface area (Å²) < 4.78 is 5.47. The Morgan fingerprint density at radius 1 is 1.12 bits per heavy atom. The number of fused-ring (bicyclic) bond motifs is 1. The van der Waals surface area contributed by atoms with E-state index in [9.17, 15) is 0 Å². The lowest BCUT2D eigenvalue weighted by Crippen LogP contribution is -2.27. The van der Waals surface area contributed by atoms with Crippen molar-refractivity contribution in [1.82, 2.24) is 15.5 Å². The van der Waals surface area contributed by atoms with Crippen molar-refractivity contribution in [3.05, 3.63) is 11.7 Å². The molecule has 4 nitrogen and oxygen atoms in total. The highest BCUT2D eigenvalue weighted by Crippen LogP contribution is 2.57. The normalized spacial score (nSPS) is 40.2. The average molecular weight is 233 g/mol. The summed E-state index contributed by atoms with van der Waals surface area (Å²) in [7, 11) is 0. The minimum absolute atomic E-state index is 0.331. The molecule has 1 aromatic heterocycles. The predicted molar refractivity (Wildman–Crippen MR) is 62.5 cm³/mol. The third-order valence-electron chi connectivity index (χ3n) is 4.67. The summed E-state index contributed by atoms with van der Waals surface area (Å²) >= 11 is 0. The summed E-state index contributed by atoms with van der Waals surface area (Å²) in [5, 5.41) is 7.65. The summed E-state index contributed by atoms with van der Waals surface area (Å²) in [4.78, 5) is 4.63. The van der Waals surface area contributed by atoms with Crippen LogP contribution in [0.5, 0.6) is 0 Å². The van der Waals surface area contributed by atoms with Crippen LogP contribution < -0.4 is 5.32 Å². The first-order chi connectivity index (χ1) is 8.40. The molecule has 2 heterocycles. The molecule has 0 radical (unpaired) electrons. The molecular formula is C13H19N3O. The maximum absolute atomic E-state index is 5.47. The number of nitrogens with zero attached hydrogens (tertiary/aromatic N) is 2. The van der Waals surface area contributed by atoms with Crippen molar-refractivity contribution >= 4 is 0 Å². The molecule has 4 heteroatoms. The Balaban J connectivity index is 1.48. The van der Waals surface area contributed by atoms with Gasteiger partial charge in [0.2, 0.25) is 5.89 Å². The second kappa shape index (κ2) is 3.80. The highest BCUT2D eigenvalue weighted by molar-refractivity contribution is 5.07. The fourth-order valence-corrected chi connectivity index (χ4v) is 3.54. The Kier molecular flexibility index (Phi) is 2.25. The molecule has 0 bridgehead atoms. The second-order valence-corrected chi connectivity index (χ2v) is 5.92. The van der Waals surface area contributed by atoms with E-state index in [1.54, 1.807) is 0 Å². The molecular weight excluding hydrogens is 214 g/mol. The average Bonchev–Trinajstić information content (AvgIpc) is 2.85. The molecule has 92 valence electrons. The summed E-state index contributed by atoms with van der Waals surface area (Å²) in [5.41, 5.74) is 0. The van der Waals surface area contributed by atoms with Crippen molar-refractivity contribution in [2.24, 2.45) is 11.8 Å². The van der Waals surface area contributed by atoms with Crippen molar-refractivity contribution in [3.8, 4) is 0 Å². The first-order valence-corrected chi connectivity index (χ1v) is 6.97. The van der Waals surface area contributed by atoms with Crippen LogP contribution in [0.1, 0.15) is 62.2 Å². The topological polar surface area (TPSA) is 51.0 Å². The van der Waals surface area contributed by atoms with Crippen LogP contribution in [0.3, 0.4) is 0 Å². The number of hydrogen-bond acceptors (Lipinski definition) is 4. The van der Waals surface area contributed by atoms with E-state index in [0.717, 1.165) is 36.5 Å². The van der Waals surface area contributed by atoms with Crippen LogP contribution in [-0.4, -0.2) is 16.7 Å². The zero-order chi connectivity index (χ0) is 11.2. The van der Waals surface area contributed by atoms with Crippen LogP contribution in [0, 0.1) is 11.8 Å². The lowest BCUT2D eigenvalue weighted by molar-refractivity contribution is 0.330. The van der Waals surface area contributed by atoms with E-state index in [2.05, 4.69) is 15.5 Å². The van der Waals surface area contributed by atoms with Crippen molar-refractivity contribution in [2.75, 3.05) is 6.54 Å². The highest BCUT2D eigenvalue weighted by Gasteiger charge is 2.47. The fraction of sp³-hybridized carbons (Fsp3) is 0.846. The third-order valence-corrected chi connectivity index (χ3v) is 4.67. The predicted octanol–water partition coefficient (Wildman–Crippen LogP) is 2.40. The molecule has 2 saturated carbocycles. The molecule has 1 aliphatic heterocycles. The van der Waals surface area contributed by atoms with E-state index in [-0.39, 0.29) is 0 Å². The van der Waals surface area contributed by atoms with Crippen molar-refractivity contribution < 1.29 is 4.52 Å². The van der Waals surface area contributed by atoms with Gasteiger partial charge in [0, 0.05) is 5.92 Å². The largest absolute Gasteiger partial charge is 0.339 e. The van der Waals surface area contributed by atoms with Crippen molar-refractivity contribution in [3.63, 3.8) is 0 Å². The maximum atomic E-state index is 5.47. The zero-order valence-corrected chi connectivity index (χ0v) is 10.1. The summed E-state index contributed by atoms with van der Waals surface area (Å²) in [6.45, 7) is 1.09. The van der Waals surface area contributed by atoms with E-state index in [0.29, 0.717) is 12.0 Å². The molecule has 1 saturated heterocycles. The molecule has 1 aromatic rings. The van der Waals surface area contributed by atoms with E-state index in [1.165, 1.54) is 32.1 Å². The van der Waals surface area contributed by atoms with Gasteiger partial charge in [0.1, 0.15) is 0 Å². The first-order valence-electron chi connectivity index (χ1n) is 6.97. The Bertz CT molecular complexity index is 384. The molecule has 0 spiro atoms. The van der Waals surface area contributed by atoms with Crippen LogP contribution in [0.2, 0.25) is 0 Å². The van der Waals surface area contributed by atoms with Gasteiger partial charge in [-0.25, -0.2) is 0 Å². The van der Waals surface area contributed by atoms with Gasteiger partial charge in [-0.1, -0.05) is 11.6 Å². The van der Waals surface area contributed by atoms with Gasteiger partial charge < -0.3 is 9.84 Å². The van der Waals surface area contributed by atoms with E-state index in [1.807, 2.05) is 0 Å². The van der Waals surface area contributed by atoms with Crippen molar-refractivity contribution in [1.29, 1.82) is 0 Å². The van der Waals surface area contributed by atoms with Gasteiger partial charge in [0.05, 0.1) is 6.04 Å². The molecule has 4 rings (SSSR count). The SMILES string of the molecule is C1CCC(c2noc(C3CC4CC4C3)n2)NC1. The van der Waals surface area contributed by atoms with Gasteiger partial charge in [-0.3, -0.25) is 0 Å². The minimum Gasteiger partial charge on any atom is -0.339 e. The minimum atomic E-state index is 0.331. The van der Waals surface area contributed by atoms with Crippen LogP contribution in [-0.2, 0) is 0 Å². The number of nitrogens with one attached hydrogen (secondary N) is 1. The Hall–Kier alpha value is -0.900. The summed E-state index contributed by atoms with van der Waals surface area (Å²) in [5.74, 6) is 4.30. The standard InChI is InChI=1S/C13H19N3O/c1-2-4-14-11(3-1)12-15-13(17-16-12)10-6-8-5-9(8)7-10/h8-11,14H,1-7H2. The van der Waals surface area contributed by atoms with E-state index in [4.69, 9.17) is 4.52 Å². The molecule has 1 N–H and O–H groups in total. The monoisotopic (exact) mass is 233 g/mol. The molecule has 3 aliphatic rings. The van der Waals surface area contributed by atoms with Crippen molar-refractivity contribution in [2.45, 2.75) is 50.5 Å². The van der Waals surface area contributed by atoms with Crippen LogP contribution >= 0.6 is 0 Å². The van der Waals surface area contributed by atoms with Crippen LogP contribution in [0.25, 0.3) is 0 Å². The van der Waals surface area contributed by atoms with E-state index >= 15 is 0 Å². The molecule has 3 unspecified atom stereocenters. The van der Waals surface area contributed by atoms with Crippen LogP contribution in [0.4, 0.5) is 0 Å². The Labute approximate surface area is 101 Å². The smallest absolute Gasteiger partial charge is 0.229 e. The van der Waals surface area contributed by atoms with E-state index < -0.39 is 0 Å². The maximum Gasteiger partial charge on any atom is 0.229 e. The second-order valence-electron chi connectivity index (χ2n) is 5.92. The first kappa shape index (κ1) is 10.1. The number of hydrogen-bond donors (Lipinski definition) is 1. The van der Waals surface area contributed by atoms with Crippen LogP contribution in [0.15, 0.2) is 4.52 Å². The quantitative estimate of drug-likeness (QED) is 0.852. The van der Waals surface area contributed by atoms with Gasteiger partial charge >= 0.3 is 0 Å². The molecule has 3 fully saturated rings. The number of rotatable bonds is 2. The number of piperidine rings is 1. The Morgan fingerprint density at radius 2 is 2.00 bits per heavy atom. The van der Waals surface area contributed by atoms with Gasteiger partial charge in [-0.05, 0) is 50.5 Å². The molecule has 2 aliphatic carbocycles. The molecule has 0 aromatic carbocycles. The molecule has 3 atom stereocenters. The highest BCUT2D eigenvalue weighted by atomic mass is 16.5. The summed E-state index contributed by atoms with van der Waals surface area (Å²) in [6, 6.07) is 0.331.